The summed E-state index contributed by atoms with van der Waals surface area (Å²) in [6.45, 7) is 5.41. The monoisotopic (exact) mass is 267 g/mol. The highest BCUT2D eigenvalue weighted by molar-refractivity contribution is 5.71. The Kier molecular flexibility index (Phi) is 6.02. The molecule has 0 aliphatic rings. The second kappa shape index (κ2) is 7.53. The van der Waals surface area contributed by atoms with Crippen LogP contribution in [0, 0.1) is 5.82 Å². The Hall–Kier alpha value is -1.88. The van der Waals surface area contributed by atoms with Crippen molar-refractivity contribution in [3.05, 3.63) is 42.2 Å². The summed E-state index contributed by atoms with van der Waals surface area (Å²) in [4.78, 5) is 11.1. The van der Waals surface area contributed by atoms with Crippen LogP contribution in [-0.4, -0.2) is 25.2 Å². The maximum Gasteiger partial charge on any atom is 0.319 e. The second-order valence-corrected chi connectivity index (χ2v) is 4.06. The smallest absolute Gasteiger partial charge is 0.319 e. The molecular weight excluding hydrogens is 249 g/mol. The lowest BCUT2D eigenvalue weighted by Gasteiger charge is -2.15. The van der Waals surface area contributed by atoms with Crippen molar-refractivity contribution in [1.29, 1.82) is 0 Å². The zero-order valence-electron chi connectivity index (χ0n) is 10.9. The summed E-state index contributed by atoms with van der Waals surface area (Å²) in [5.74, 6) is -0.423. The summed E-state index contributed by atoms with van der Waals surface area (Å²) in [7, 11) is 0. The molecule has 0 aromatic heterocycles. The number of benzene rings is 1. The summed E-state index contributed by atoms with van der Waals surface area (Å²) in [6.07, 6.45) is 1.65. The van der Waals surface area contributed by atoms with E-state index in [4.69, 9.17) is 15.2 Å². The van der Waals surface area contributed by atoms with Gasteiger partial charge in [0.25, 0.3) is 0 Å². The molecule has 1 rings (SSSR count). The van der Waals surface area contributed by atoms with Gasteiger partial charge >= 0.3 is 5.97 Å². The maximum atomic E-state index is 13.2. The SMILES string of the molecule is C=CCOc1cc(F)ccc1CC(C)OC(=O)CN. The lowest BCUT2D eigenvalue weighted by atomic mass is 10.1. The van der Waals surface area contributed by atoms with E-state index >= 15 is 0 Å². The third kappa shape index (κ3) is 5.09. The highest BCUT2D eigenvalue weighted by Crippen LogP contribution is 2.22. The first-order valence-corrected chi connectivity index (χ1v) is 5.98. The number of carbonyl (C=O) groups excluding carboxylic acids is 1. The maximum absolute atomic E-state index is 13.2. The molecule has 0 radical (unpaired) electrons. The molecule has 0 amide bonds. The Bertz CT molecular complexity index is 448. The number of hydrogen-bond acceptors (Lipinski definition) is 4. The van der Waals surface area contributed by atoms with E-state index in [2.05, 4.69) is 6.58 Å². The van der Waals surface area contributed by atoms with Crippen LogP contribution >= 0.6 is 0 Å². The van der Waals surface area contributed by atoms with Crippen LogP contribution in [0.1, 0.15) is 12.5 Å². The molecular formula is C14H18FNO3. The van der Waals surface area contributed by atoms with Gasteiger partial charge in [-0.2, -0.15) is 0 Å². The number of carbonyl (C=O) groups is 1. The molecule has 0 spiro atoms. The number of nitrogens with two attached hydrogens (primary N) is 1. The van der Waals surface area contributed by atoms with Gasteiger partial charge in [0.1, 0.15) is 24.3 Å². The van der Waals surface area contributed by atoms with E-state index < -0.39 is 5.97 Å². The van der Waals surface area contributed by atoms with Gasteiger partial charge in [-0.25, -0.2) is 4.39 Å². The minimum atomic E-state index is -0.469. The Morgan fingerprint density at radius 2 is 2.32 bits per heavy atom. The zero-order valence-corrected chi connectivity index (χ0v) is 10.9. The molecule has 0 fully saturated rings. The van der Waals surface area contributed by atoms with Crippen molar-refractivity contribution in [2.45, 2.75) is 19.4 Å². The van der Waals surface area contributed by atoms with E-state index in [-0.39, 0.29) is 25.1 Å². The molecule has 1 aromatic rings. The van der Waals surface area contributed by atoms with Crippen molar-refractivity contribution in [3.63, 3.8) is 0 Å². The fourth-order valence-electron chi connectivity index (χ4n) is 1.60. The lowest BCUT2D eigenvalue weighted by molar-refractivity contribution is -0.146. The molecule has 4 nitrogen and oxygen atoms in total. The van der Waals surface area contributed by atoms with Crippen LogP contribution < -0.4 is 10.5 Å². The fraction of sp³-hybridized carbons (Fsp3) is 0.357. The van der Waals surface area contributed by atoms with E-state index in [0.717, 1.165) is 5.56 Å². The first kappa shape index (κ1) is 15.2. The third-order valence-electron chi connectivity index (χ3n) is 2.39. The van der Waals surface area contributed by atoms with Crippen LogP contribution in [0.3, 0.4) is 0 Å². The average Bonchev–Trinajstić information content (AvgIpc) is 2.38. The van der Waals surface area contributed by atoms with Gasteiger partial charge in [-0.15, -0.1) is 0 Å². The fourth-order valence-corrected chi connectivity index (χ4v) is 1.60. The number of rotatable bonds is 7. The van der Waals surface area contributed by atoms with Gasteiger partial charge in [-0.05, 0) is 18.6 Å². The van der Waals surface area contributed by atoms with Gasteiger partial charge in [-0.3, -0.25) is 4.79 Å². The summed E-state index contributed by atoms with van der Waals surface area (Å²) < 4.78 is 23.6. The standard InChI is InChI=1S/C14H18FNO3/c1-3-6-18-13-8-12(15)5-4-11(13)7-10(2)19-14(17)9-16/h3-5,8,10H,1,6-7,9,16H2,2H3. The Morgan fingerprint density at radius 1 is 1.58 bits per heavy atom. The van der Waals surface area contributed by atoms with Crippen molar-refractivity contribution in [3.8, 4) is 5.75 Å². The lowest BCUT2D eigenvalue weighted by Crippen LogP contribution is -2.23. The van der Waals surface area contributed by atoms with E-state index in [1.165, 1.54) is 12.1 Å². The molecule has 0 aliphatic heterocycles. The summed E-state index contributed by atoms with van der Waals surface area (Å²) >= 11 is 0. The van der Waals surface area contributed by atoms with Gasteiger partial charge < -0.3 is 15.2 Å². The minimum absolute atomic E-state index is 0.159. The second-order valence-electron chi connectivity index (χ2n) is 4.06. The van der Waals surface area contributed by atoms with Crippen LogP contribution in [-0.2, 0) is 16.0 Å². The quantitative estimate of drug-likeness (QED) is 0.604. The van der Waals surface area contributed by atoms with E-state index in [9.17, 15) is 9.18 Å². The van der Waals surface area contributed by atoms with Crippen LogP contribution in [0.15, 0.2) is 30.9 Å². The molecule has 0 bridgehead atoms. The Morgan fingerprint density at radius 3 is 2.95 bits per heavy atom. The van der Waals surface area contributed by atoms with E-state index in [1.807, 2.05) is 0 Å². The molecule has 2 N–H and O–H groups in total. The largest absolute Gasteiger partial charge is 0.489 e. The van der Waals surface area contributed by atoms with Gasteiger partial charge in [0.15, 0.2) is 0 Å². The Balaban J connectivity index is 2.75. The number of halogens is 1. The van der Waals surface area contributed by atoms with Crippen LogP contribution in [0.4, 0.5) is 4.39 Å². The molecule has 1 atom stereocenters. The van der Waals surface area contributed by atoms with E-state index in [0.29, 0.717) is 12.2 Å². The molecule has 19 heavy (non-hydrogen) atoms. The molecule has 0 saturated heterocycles. The van der Waals surface area contributed by atoms with Crippen molar-refractivity contribution in [2.24, 2.45) is 5.73 Å². The minimum Gasteiger partial charge on any atom is -0.489 e. The van der Waals surface area contributed by atoms with Gasteiger partial charge in [0.2, 0.25) is 0 Å². The van der Waals surface area contributed by atoms with Crippen molar-refractivity contribution in [1.82, 2.24) is 0 Å². The predicted molar refractivity (Wildman–Crippen MR) is 70.4 cm³/mol. The van der Waals surface area contributed by atoms with Gasteiger partial charge in [-0.1, -0.05) is 18.7 Å². The normalized spacial score (nSPS) is 11.7. The first-order valence-electron chi connectivity index (χ1n) is 5.98. The first-order chi connectivity index (χ1) is 9.06. The zero-order chi connectivity index (χ0) is 14.3. The molecule has 1 unspecified atom stereocenters. The number of ether oxygens (including phenoxy) is 2. The summed E-state index contributed by atoms with van der Waals surface area (Å²) in [5, 5.41) is 0. The predicted octanol–water partition coefficient (Wildman–Crippen LogP) is 1.82. The molecule has 0 heterocycles. The van der Waals surface area contributed by atoms with Crippen molar-refractivity contribution < 1.29 is 18.7 Å². The van der Waals surface area contributed by atoms with Crippen LogP contribution in [0.2, 0.25) is 0 Å². The van der Waals surface area contributed by atoms with E-state index in [1.54, 1.807) is 19.1 Å². The van der Waals surface area contributed by atoms with Crippen molar-refractivity contribution in [2.75, 3.05) is 13.2 Å². The van der Waals surface area contributed by atoms with Gasteiger partial charge in [0.05, 0.1) is 6.54 Å². The third-order valence-corrected chi connectivity index (χ3v) is 2.39. The topological polar surface area (TPSA) is 61.5 Å². The molecule has 104 valence electrons. The summed E-state index contributed by atoms with van der Waals surface area (Å²) in [6, 6.07) is 4.25. The van der Waals surface area contributed by atoms with Crippen LogP contribution in [0.25, 0.3) is 0 Å². The summed E-state index contributed by atoms with van der Waals surface area (Å²) in [5.41, 5.74) is 5.93. The molecule has 0 saturated carbocycles. The Labute approximate surface area is 112 Å². The molecule has 1 aromatic carbocycles. The molecule has 5 heteroatoms. The highest BCUT2D eigenvalue weighted by atomic mass is 19.1. The van der Waals surface area contributed by atoms with Gasteiger partial charge in [0, 0.05) is 12.5 Å². The average molecular weight is 267 g/mol. The number of esters is 1. The van der Waals surface area contributed by atoms with Crippen molar-refractivity contribution >= 4 is 5.97 Å². The highest BCUT2D eigenvalue weighted by Gasteiger charge is 2.13. The number of hydrogen-bond donors (Lipinski definition) is 1. The molecule has 0 aliphatic carbocycles. The van der Waals surface area contributed by atoms with Crippen LogP contribution in [0.5, 0.6) is 5.75 Å².